The van der Waals surface area contributed by atoms with Crippen LogP contribution in [0.1, 0.15) is 57.9 Å². The van der Waals surface area contributed by atoms with Gasteiger partial charge in [-0.2, -0.15) is 0 Å². The number of ether oxygens (including phenoxy) is 1. The Labute approximate surface area is 147 Å². The van der Waals surface area contributed by atoms with Gasteiger partial charge in [0.15, 0.2) is 0 Å². The Morgan fingerprint density at radius 3 is 2.26 bits per heavy atom. The summed E-state index contributed by atoms with van der Waals surface area (Å²) in [7, 11) is 0. The predicted octanol–water partition coefficient (Wildman–Crippen LogP) is 5.34. The number of hydrogen-bond donors (Lipinski definition) is 0. The summed E-state index contributed by atoms with van der Waals surface area (Å²) < 4.78 is 6.62. The molecule has 1 aromatic carbocycles. The second kappa shape index (κ2) is 6.12. The highest BCUT2D eigenvalue weighted by molar-refractivity contribution is 9.10. The highest BCUT2D eigenvalue weighted by atomic mass is 79.9. The molecule has 1 amide bonds. The molecular weight excluding hydrogens is 354 g/mol. The van der Waals surface area contributed by atoms with E-state index in [-0.39, 0.29) is 6.09 Å². The molecule has 1 spiro atoms. The molecule has 0 aromatic heterocycles. The van der Waals surface area contributed by atoms with Gasteiger partial charge in [-0.3, -0.25) is 0 Å². The SMILES string of the molecule is CC(C)(C)OC(=O)N1CCC2(CC1)CC(c1ccc(Br)cc1)C2. The second-order valence-electron chi connectivity index (χ2n) is 8.12. The number of carbonyl (C=O) groups excluding carboxylic acids is 1. The van der Waals surface area contributed by atoms with Gasteiger partial charge in [-0.05, 0) is 75.5 Å². The minimum atomic E-state index is -0.407. The van der Waals surface area contributed by atoms with Gasteiger partial charge in [-0.1, -0.05) is 28.1 Å². The molecule has 1 saturated carbocycles. The average Bonchev–Trinajstić information content (AvgIpc) is 2.44. The fraction of sp³-hybridized carbons (Fsp3) is 0.632. The summed E-state index contributed by atoms with van der Waals surface area (Å²) in [5, 5.41) is 0. The monoisotopic (exact) mass is 379 g/mol. The van der Waals surface area contributed by atoms with Gasteiger partial charge in [0.2, 0.25) is 0 Å². The van der Waals surface area contributed by atoms with E-state index >= 15 is 0 Å². The van der Waals surface area contributed by atoms with E-state index < -0.39 is 5.60 Å². The van der Waals surface area contributed by atoms with Crippen molar-refractivity contribution in [1.29, 1.82) is 0 Å². The molecule has 1 aromatic rings. The molecule has 1 aliphatic heterocycles. The van der Waals surface area contributed by atoms with E-state index in [9.17, 15) is 4.79 Å². The van der Waals surface area contributed by atoms with Crippen molar-refractivity contribution >= 4 is 22.0 Å². The summed E-state index contributed by atoms with van der Waals surface area (Å²) in [6.07, 6.45) is 4.59. The number of carbonyl (C=O) groups is 1. The van der Waals surface area contributed by atoms with Gasteiger partial charge in [-0.15, -0.1) is 0 Å². The Morgan fingerprint density at radius 1 is 1.17 bits per heavy atom. The lowest BCUT2D eigenvalue weighted by molar-refractivity contribution is -0.0121. The molecular formula is C19H26BrNO2. The van der Waals surface area contributed by atoms with Gasteiger partial charge in [-0.25, -0.2) is 4.79 Å². The third-order valence-electron chi connectivity index (χ3n) is 5.18. The van der Waals surface area contributed by atoms with Crippen molar-refractivity contribution in [2.45, 2.75) is 58.0 Å². The average molecular weight is 380 g/mol. The minimum absolute atomic E-state index is 0.156. The maximum Gasteiger partial charge on any atom is 0.410 e. The first-order valence-electron chi connectivity index (χ1n) is 8.50. The van der Waals surface area contributed by atoms with E-state index in [1.807, 2.05) is 25.7 Å². The number of halogens is 1. The molecule has 3 rings (SSSR count). The second-order valence-corrected chi connectivity index (χ2v) is 9.04. The van der Waals surface area contributed by atoms with Gasteiger partial charge < -0.3 is 9.64 Å². The number of likely N-dealkylation sites (tertiary alicyclic amines) is 1. The summed E-state index contributed by atoms with van der Waals surface area (Å²) in [6, 6.07) is 8.73. The van der Waals surface area contributed by atoms with E-state index in [2.05, 4.69) is 40.2 Å². The summed E-state index contributed by atoms with van der Waals surface area (Å²) in [5.74, 6) is 0.691. The largest absolute Gasteiger partial charge is 0.444 e. The van der Waals surface area contributed by atoms with Crippen LogP contribution in [0.5, 0.6) is 0 Å². The Balaban J connectivity index is 1.50. The smallest absolute Gasteiger partial charge is 0.410 e. The topological polar surface area (TPSA) is 29.5 Å². The van der Waals surface area contributed by atoms with Crippen LogP contribution in [0.15, 0.2) is 28.7 Å². The molecule has 0 bridgehead atoms. The molecule has 4 heteroatoms. The van der Waals surface area contributed by atoms with Crippen molar-refractivity contribution < 1.29 is 9.53 Å². The highest BCUT2D eigenvalue weighted by Crippen LogP contribution is 2.56. The van der Waals surface area contributed by atoms with Crippen molar-refractivity contribution in [3.05, 3.63) is 34.3 Å². The maximum absolute atomic E-state index is 12.1. The summed E-state index contributed by atoms with van der Waals surface area (Å²) in [5.41, 5.74) is 1.50. The Bertz CT molecular complexity index is 560. The molecule has 3 nitrogen and oxygen atoms in total. The predicted molar refractivity (Wildman–Crippen MR) is 95.6 cm³/mol. The van der Waals surface area contributed by atoms with Gasteiger partial charge >= 0.3 is 6.09 Å². The van der Waals surface area contributed by atoms with Gasteiger partial charge in [0.05, 0.1) is 0 Å². The van der Waals surface area contributed by atoms with E-state index in [4.69, 9.17) is 4.74 Å². The molecule has 0 N–H and O–H groups in total. The summed E-state index contributed by atoms with van der Waals surface area (Å²) in [4.78, 5) is 14.0. The molecule has 0 unspecified atom stereocenters. The Kier molecular flexibility index (Phi) is 4.47. The van der Waals surface area contributed by atoms with Crippen LogP contribution in [0.2, 0.25) is 0 Å². The number of piperidine rings is 1. The molecule has 1 aliphatic carbocycles. The Hall–Kier alpha value is -1.03. The van der Waals surface area contributed by atoms with Crippen LogP contribution < -0.4 is 0 Å². The number of hydrogen-bond acceptors (Lipinski definition) is 2. The zero-order chi connectivity index (χ0) is 16.7. The van der Waals surface area contributed by atoms with E-state index in [1.54, 1.807) is 0 Å². The molecule has 0 radical (unpaired) electrons. The third kappa shape index (κ3) is 3.90. The zero-order valence-corrected chi connectivity index (χ0v) is 15.9. The van der Waals surface area contributed by atoms with Gasteiger partial charge in [0.25, 0.3) is 0 Å². The highest BCUT2D eigenvalue weighted by Gasteiger charge is 2.46. The molecule has 0 atom stereocenters. The molecule has 1 heterocycles. The van der Waals surface area contributed by atoms with Crippen molar-refractivity contribution in [3.8, 4) is 0 Å². The first kappa shape index (κ1) is 16.8. The van der Waals surface area contributed by atoms with Crippen LogP contribution in [0.3, 0.4) is 0 Å². The number of nitrogens with zero attached hydrogens (tertiary/aromatic N) is 1. The Morgan fingerprint density at radius 2 is 1.74 bits per heavy atom. The van der Waals surface area contributed by atoms with Crippen molar-refractivity contribution in [2.24, 2.45) is 5.41 Å². The molecule has 1 saturated heterocycles. The lowest BCUT2D eigenvalue weighted by Crippen LogP contribution is -2.49. The van der Waals surface area contributed by atoms with Gasteiger partial charge in [0, 0.05) is 17.6 Å². The van der Waals surface area contributed by atoms with Crippen molar-refractivity contribution in [1.82, 2.24) is 4.90 Å². The lowest BCUT2D eigenvalue weighted by Gasteiger charge is -2.52. The van der Waals surface area contributed by atoms with Crippen LogP contribution in [0.25, 0.3) is 0 Å². The van der Waals surface area contributed by atoms with Crippen LogP contribution in [-0.2, 0) is 4.74 Å². The maximum atomic E-state index is 12.1. The van der Waals surface area contributed by atoms with E-state index in [1.165, 1.54) is 18.4 Å². The fourth-order valence-corrected chi connectivity index (χ4v) is 4.12. The van der Waals surface area contributed by atoms with E-state index in [0.29, 0.717) is 11.3 Å². The standard InChI is InChI=1S/C19H26BrNO2/c1-18(2,3)23-17(22)21-10-8-19(9-11-21)12-15(13-19)14-4-6-16(20)7-5-14/h4-7,15H,8-13H2,1-3H3. The van der Waals surface area contributed by atoms with Crippen LogP contribution in [0, 0.1) is 5.41 Å². The number of rotatable bonds is 1. The summed E-state index contributed by atoms with van der Waals surface area (Å²) >= 11 is 3.50. The van der Waals surface area contributed by atoms with Crippen molar-refractivity contribution in [3.63, 3.8) is 0 Å². The van der Waals surface area contributed by atoms with Crippen LogP contribution in [-0.4, -0.2) is 29.7 Å². The minimum Gasteiger partial charge on any atom is -0.444 e. The van der Waals surface area contributed by atoms with Gasteiger partial charge in [0.1, 0.15) is 5.60 Å². The lowest BCUT2D eigenvalue weighted by atomic mass is 9.56. The summed E-state index contributed by atoms with van der Waals surface area (Å²) in [6.45, 7) is 7.44. The quantitative estimate of drug-likeness (QED) is 0.658. The zero-order valence-electron chi connectivity index (χ0n) is 14.3. The molecule has 23 heavy (non-hydrogen) atoms. The normalized spacial score (nSPS) is 21.1. The first-order chi connectivity index (χ1) is 10.8. The number of amides is 1. The number of benzene rings is 1. The molecule has 2 aliphatic rings. The fourth-order valence-electron chi connectivity index (χ4n) is 3.85. The van der Waals surface area contributed by atoms with E-state index in [0.717, 1.165) is 30.4 Å². The first-order valence-corrected chi connectivity index (χ1v) is 9.29. The molecule has 126 valence electrons. The third-order valence-corrected chi connectivity index (χ3v) is 5.70. The van der Waals surface area contributed by atoms with Crippen LogP contribution >= 0.6 is 15.9 Å². The molecule has 2 fully saturated rings. The van der Waals surface area contributed by atoms with Crippen molar-refractivity contribution in [2.75, 3.05) is 13.1 Å². The van der Waals surface area contributed by atoms with Crippen LogP contribution in [0.4, 0.5) is 4.79 Å².